The van der Waals surface area contributed by atoms with Crippen LogP contribution in [0.25, 0.3) is 11.0 Å². The molecule has 0 N–H and O–H groups in total. The van der Waals surface area contributed by atoms with Crippen molar-refractivity contribution in [3.05, 3.63) is 40.5 Å². The second kappa shape index (κ2) is 2.73. The summed E-state index contributed by atoms with van der Waals surface area (Å²) >= 11 is 0. The highest BCUT2D eigenvalue weighted by molar-refractivity contribution is 6.32. The maximum atomic E-state index is 12.7. The van der Waals surface area contributed by atoms with Crippen LogP contribution in [-0.2, 0) is 0 Å². The van der Waals surface area contributed by atoms with Gasteiger partial charge in [-0.05, 0) is 17.6 Å². The van der Waals surface area contributed by atoms with E-state index in [0.717, 1.165) is 5.39 Å². The van der Waals surface area contributed by atoms with Crippen molar-refractivity contribution in [3.8, 4) is 0 Å². The van der Waals surface area contributed by atoms with Gasteiger partial charge in [0.15, 0.2) is 0 Å². The molecule has 0 aliphatic carbocycles. The Balaban J connectivity index is 2.89. The summed E-state index contributed by atoms with van der Waals surface area (Å²) in [6.45, 7) is 0. The van der Waals surface area contributed by atoms with Gasteiger partial charge in [-0.15, -0.1) is 0 Å². The van der Waals surface area contributed by atoms with E-state index in [-0.39, 0.29) is 5.58 Å². The van der Waals surface area contributed by atoms with Gasteiger partial charge in [0.05, 0.1) is 0 Å². The second-order valence-electron chi connectivity index (χ2n) is 2.90. The maximum Gasteiger partial charge on any atom is 0.329 e. The molecule has 0 aliphatic rings. The minimum atomic E-state index is -0.418. The van der Waals surface area contributed by atoms with E-state index >= 15 is 0 Å². The maximum absolute atomic E-state index is 12.7. The van der Waals surface area contributed by atoms with Gasteiger partial charge in [-0.25, -0.2) is 9.18 Å². The topological polar surface area (TPSA) is 30.2 Å². The number of benzene rings is 1. The minimum absolute atomic E-state index is 0.288. The van der Waals surface area contributed by atoms with Crippen LogP contribution >= 0.6 is 0 Å². The average molecular weight is 176 g/mol. The molecule has 0 amide bonds. The molecule has 64 valence electrons. The van der Waals surface area contributed by atoms with E-state index in [1.807, 2.05) is 0 Å². The first-order valence-corrected chi connectivity index (χ1v) is 3.87. The highest BCUT2D eigenvalue weighted by atomic mass is 19.1. The fraction of sp³-hybridized carbons (Fsp3) is 0. The minimum Gasteiger partial charge on any atom is -0.423 e. The molecule has 2 nitrogen and oxygen atoms in total. The smallest absolute Gasteiger partial charge is 0.329 e. The van der Waals surface area contributed by atoms with Crippen molar-refractivity contribution in [1.29, 1.82) is 0 Å². The van der Waals surface area contributed by atoms with Crippen LogP contribution in [0.5, 0.6) is 0 Å². The largest absolute Gasteiger partial charge is 0.423 e. The van der Waals surface area contributed by atoms with Crippen molar-refractivity contribution >= 4 is 24.3 Å². The van der Waals surface area contributed by atoms with Gasteiger partial charge in [0.2, 0.25) is 0 Å². The first-order chi connectivity index (χ1) is 6.16. The molecule has 2 rings (SSSR count). The quantitative estimate of drug-likeness (QED) is 0.423. The number of fused-ring (bicyclic) bond motifs is 1. The van der Waals surface area contributed by atoms with Crippen LogP contribution in [0.4, 0.5) is 4.39 Å². The molecule has 0 saturated heterocycles. The Morgan fingerprint density at radius 1 is 1.31 bits per heavy atom. The van der Waals surface area contributed by atoms with Crippen molar-refractivity contribution in [3.63, 3.8) is 0 Å². The Bertz CT molecular complexity index is 518. The summed E-state index contributed by atoms with van der Waals surface area (Å²) < 4.78 is 17.6. The van der Waals surface area contributed by atoms with Crippen LogP contribution in [0.2, 0.25) is 0 Å². The Kier molecular flexibility index (Phi) is 1.69. The summed E-state index contributed by atoms with van der Waals surface area (Å²) in [5, 5.41) is 0.735. The zero-order valence-electron chi connectivity index (χ0n) is 7.00. The zero-order chi connectivity index (χ0) is 9.42. The third-order valence-electron chi connectivity index (χ3n) is 1.87. The lowest BCUT2D eigenvalue weighted by molar-refractivity contribution is 0.559. The monoisotopic (exact) mass is 176 g/mol. The Morgan fingerprint density at radius 3 is 2.85 bits per heavy atom. The fourth-order valence-electron chi connectivity index (χ4n) is 1.19. The van der Waals surface area contributed by atoms with E-state index in [4.69, 9.17) is 4.42 Å². The van der Waals surface area contributed by atoms with E-state index in [2.05, 4.69) is 0 Å². The van der Waals surface area contributed by atoms with E-state index in [1.54, 1.807) is 20.0 Å². The van der Waals surface area contributed by atoms with Crippen molar-refractivity contribution in [2.45, 2.75) is 0 Å². The summed E-state index contributed by atoms with van der Waals surface area (Å²) in [7, 11) is 1.66. The highest BCUT2D eigenvalue weighted by Crippen LogP contribution is 2.11. The molecule has 4 heteroatoms. The van der Waals surface area contributed by atoms with Crippen LogP contribution < -0.4 is 11.1 Å². The summed E-state index contributed by atoms with van der Waals surface area (Å²) in [6.07, 6.45) is 0. The second-order valence-corrected chi connectivity index (χ2v) is 2.90. The molecule has 0 fully saturated rings. The molecule has 0 spiro atoms. The molecule has 0 atom stereocenters. The molecule has 0 aliphatic heterocycles. The molecule has 0 saturated carbocycles. The lowest BCUT2D eigenvalue weighted by Gasteiger charge is -1.97. The van der Waals surface area contributed by atoms with Crippen molar-refractivity contribution < 1.29 is 8.81 Å². The SMILES string of the molecule is Bc1cc2ccc(F)cc2oc1=O. The molecule has 0 unspecified atom stereocenters. The fourth-order valence-corrected chi connectivity index (χ4v) is 1.19. The van der Waals surface area contributed by atoms with E-state index < -0.39 is 11.4 Å². The van der Waals surface area contributed by atoms with E-state index in [1.165, 1.54) is 12.1 Å². The lowest BCUT2D eigenvalue weighted by atomic mass is 9.97. The van der Waals surface area contributed by atoms with E-state index in [0.29, 0.717) is 5.46 Å². The van der Waals surface area contributed by atoms with Crippen LogP contribution in [0.15, 0.2) is 33.5 Å². The summed E-state index contributed by atoms with van der Waals surface area (Å²) in [5.41, 5.74) is 0.396. The van der Waals surface area contributed by atoms with Crippen LogP contribution in [0, 0.1) is 5.82 Å². The molecule has 13 heavy (non-hydrogen) atoms. The van der Waals surface area contributed by atoms with Crippen molar-refractivity contribution in [2.24, 2.45) is 0 Å². The van der Waals surface area contributed by atoms with Gasteiger partial charge in [0.25, 0.3) is 0 Å². The van der Waals surface area contributed by atoms with Crippen molar-refractivity contribution in [1.82, 2.24) is 0 Å². The van der Waals surface area contributed by atoms with Gasteiger partial charge >= 0.3 is 5.63 Å². The molecular formula is C9H6BFO2. The molecule has 2 aromatic rings. The molecule has 1 aromatic carbocycles. The molecule has 0 radical (unpaired) electrons. The van der Waals surface area contributed by atoms with Gasteiger partial charge in [0, 0.05) is 11.5 Å². The lowest BCUT2D eigenvalue weighted by Crippen LogP contribution is -2.23. The molecule has 1 heterocycles. The zero-order valence-corrected chi connectivity index (χ0v) is 7.00. The Hall–Kier alpha value is -1.58. The number of hydrogen-bond donors (Lipinski definition) is 0. The van der Waals surface area contributed by atoms with Gasteiger partial charge in [-0.1, -0.05) is 6.07 Å². The third-order valence-corrected chi connectivity index (χ3v) is 1.87. The van der Waals surface area contributed by atoms with Gasteiger partial charge in [0.1, 0.15) is 19.2 Å². The number of hydrogen-bond acceptors (Lipinski definition) is 2. The van der Waals surface area contributed by atoms with Crippen molar-refractivity contribution in [2.75, 3.05) is 0 Å². The van der Waals surface area contributed by atoms with Gasteiger partial charge in [-0.2, -0.15) is 0 Å². The Morgan fingerprint density at radius 2 is 2.08 bits per heavy atom. The molecule has 1 aromatic heterocycles. The molecular weight excluding hydrogens is 170 g/mol. The first-order valence-electron chi connectivity index (χ1n) is 3.87. The van der Waals surface area contributed by atoms with Crippen LogP contribution in [0.3, 0.4) is 0 Å². The molecule has 0 bridgehead atoms. The van der Waals surface area contributed by atoms with Crippen LogP contribution in [-0.4, -0.2) is 7.85 Å². The standard InChI is InChI=1S/C9H6BFO2/c10-7-3-5-1-2-6(11)4-8(5)13-9(7)12/h1-4H,10H2. The Labute approximate surface area is 74.4 Å². The van der Waals surface area contributed by atoms with Crippen LogP contribution in [0.1, 0.15) is 0 Å². The summed E-state index contributed by atoms with van der Waals surface area (Å²) in [5.74, 6) is -0.403. The number of halogens is 1. The highest BCUT2D eigenvalue weighted by Gasteiger charge is 2.01. The third kappa shape index (κ3) is 1.35. The van der Waals surface area contributed by atoms with Gasteiger partial charge < -0.3 is 4.42 Å². The first kappa shape index (κ1) is 8.04. The average Bonchev–Trinajstić information content (AvgIpc) is 2.08. The van der Waals surface area contributed by atoms with E-state index in [9.17, 15) is 9.18 Å². The number of rotatable bonds is 0. The predicted molar refractivity (Wildman–Crippen MR) is 50.6 cm³/mol. The van der Waals surface area contributed by atoms with Gasteiger partial charge in [-0.3, -0.25) is 0 Å². The normalized spacial score (nSPS) is 10.5. The summed E-state index contributed by atoms with van der Waals surface area (Å²) in [4.78, 5) is 11.1. The summed E-state index contributed by atoms with van der Waals surface area (Å²) in [6, 6.07) is 5.80. The predicted octanol–water partition coefficient (Wildman–Crippen LogP) is 0.191.